The summed E-state index contributed by atoms with van der Waals surface area (Å²) in [6.07, 6.45) is 1.05. The summed E-state index contributed by atoms with van der Waals surface area (Å²) < 4.78 is 0. The zero-order chi connectivity index (χ0) is 9.97. The Labute approximate surface area is 83.5 Å². The van der Waals surface area contributed by atoms with E-state index in [1.165, 1.54) is 5.56 Å². The van der Waals surface area contributed by atoms with E-state index >= 15 is 0 Å². The molecule has 2 N–H and O–H groups in total. The highest BCUT2D eigenvalue weighted by atomic mass is 16.2. The third-order valence-corrected chi connectivity index (χ3v) is 2.70. The van der Waals surface area contributed by atoms with Crippen molar-refractivity contribution in [2.24, 2.45) is 5.73 Å². The maximum atomic E-state index is 11.4. The van der Waals surface area contributed by atoms with Gasteiger partial charge in [-0.1, -0.05) is 30.3 Å². The smallest absolute Gasteiger partial charge is 0.236 e. The van der Waals surface area contributed by atoms with E-state index in [1.807, 2.05) is 23.1 Å². The van der Waals surface area contributed by atoms with Crippen LogP contribution in [-0.4, -0.2) is 23.9 Å². The summed E-state index contributed by atoms with van der Waals surface area (Å²) in [5.74, 6) is 0.0464. The Kier molecular flexibility index (Phi) is 2.50. The molecule has 1 amide bonds. The number of nitrogens with two attached hydrogens (primary N) is 1. The van der Waals surface area contributed by atoms with E-state index < -0.39 is 0 Å². The van der Waals surface area contributed by atoms with Crippen LogP contribution >= 0.6 is 0 Å². The molecule has 1 aliphatic rings. The summed E-state index contributed by atoms with van der Waals surface area (Å²) in [5.41, 5.74) is 6.54. The normalized spacial score (nSPS) is 20.4. The van der Waals surface area contributed by atoms with Gasteiger partial charge in [0.2, 0.25) is 5.91 Å². The van der Waals surface area contributed by atoms with E-state index in [-0.39, 0.29) is 18.5 Å². The Morgan fingerprint density at radius 2 is 2.14 bits per heavy atom. The standard InChI is InChI=1S/C11H14N2O/c12-8-11(14)13-7-6-10(13)9-4-2-1-3-5-9/h1-5,10H,6-8,12H2. The van der Waals surface area contributed by atoms with Gasteiger partial charge in [-0.3, -0.25) is 4.79 Å². The summed E-state index contributed by atoms with van der Waals surface area (Å²) in [6.45, 7) is 0.957. The molecule has 1 heterocycles. The SMILES string of the molecule is NCC(=O)N1CCC1c1ccccc1. The average molecular weight is 190 g/mol. The van der Waals surface area contributed by atoms with Crippen molar-refractivity contribution in [3.8, 4) is 0 Å². The van der Waals surface area contributed by atoms with Crippen molar-refractivity contribution in [2.75, 3.05) is 13.1 Å². The van der Waals surface area contributed by atoms with Crippen molar-refractivity contribution in [1.29, 1.82) is 0 Å². The maximum absolute atomic E-state index is 11.4. The molecule has 14 heavy (non-hydrogen) atoms. The summed E-state index contributed by atoms with van der Waals surface area (Å²) in [4.78, 5) is 13.2. The lowest BCUT2D eigenvalue weighted by Gasteiger charge is -2.41. The third-order valence-electron chi connectivity index (χ3n) is 2.70. The summed E-state index contributed by atoms with van der Waals surface area (Å²) in [5, 5.41) is 0. The summed E-state index contributed by atoms with van der Waals surface area (Å²) >= 11 is 0. The molecule has 0 spiro atoms. The minimum atomic E-state index is 0.0464. The largest absolute Gasteiger partial charge is 0.334 e. The Hall–Kier alpha value is -1.35. The number of benzene rings is 1. The summed E-state index contributed by atoms with van der Waals surface area (Å²) in [7, 11) is 0. The second-order valence-corrected chi connectivity index (χ2v) is 3.51. The highest BCUT2D eigenvalue weighted by molar-refractivity contribution is 5.79. The second-order valence-electron chi connectivity index (χ2n) is 3.51. The zero-order valence-corrected chi connectivity index (χ0v) is 8.02. The van der Waals surface area contributed by atoms with Crippen molar-refractivity contribution in [3.63, 3.8) is 0 Å². The van der Waals surface area contributed by atoms with Crippen LogP contribution in [0.2, 0.25) is 0 Å². The summed E-state index contributed by atoms with van der Waals surface area (Å²) in [6, 6.07) is 10.3. The van der Waals surface area contributed by atoms with Gasteiger partial charge in [-0.2, -0.15) is 0 Å². The number of hydrogen-bond donors (Lipinski definition) is 1. The van der Waals surface area contributed by atoms with Crippen LogP contribution in [-0.2, 0) is 4.79 Å². The molecular weight excluding hydrogens is 176 g/mol. The zero-order valence-electron chi connectivity index (χ0n) is 8.02. The highest BCUT2D eigenvalue weighted by Gasteiger charge is 2.31. The molecular formula is C11H14N2O. The van der Waals surface area contributed by atoms with Crippen LogP contribution in [0.4, 0.5) is 0 Å². The highest BCUT2D eigenvalue weighted by Crippen LogP contribution is 2.32. The number of amides is 1. The number of hydrogen-bond acceptors (Lipinski definition) is 2. The molecule has 3 heteroatoms. The lowest BCUT2D eigenvalue weighted by Crippen LogP contribution is -2.47. The number of carbonyl (C=O) groups excluding carboxylic acids is 1. The van der Waals surface area contributed by atoms with Crippen LogP contribution in [0.15, 0.2) is 30.3 Å². The molecule has 1 fully saturated rings. The number of rotatable bonds is 2. The van der Waals surface area contributed by atoms with Crippen LogP contribution in [0.3, 0.4) is 0 Å². The van der Waals surface area contributed by atoms with Crippen LogP contribution < -0.4 is 5.73 Å². The van der Waals surface area contributed by atoms with Gasteiger partial charge < -0.3 is 10.6 Å². The Morgan fingerprint density at radius 1 is 1.43 bits per heavy atom. The average Bonchev–Trinajstić information content (AvgIpc) is 2.17. The molecule has 0 radical (unpaired) electrons. The molecule has 3 nitrogen and oxygen atoms in total. The molecule has 74 valence electrons. The first-order valence-electron chi connectivity index (χ1n) is 4.87. The van der Waals surface area contributed by atoms with Crippen LogP contribution in [0, 0.1) is 0 Å². The van der Waals surface area contributed by atoms with Gasteiger partial charge in [0.05, 0.1) is 12.6 Å². The van der Waals surface area contributed by atoms with E-state index in [0.717, 1.165) is 13.0 Å². The topological polar surface area (TPSA) is 46.3 Å². The van der Waals surface area contributed by atoms with Gasteiger partial charge in [0.1, 0.15) is 0 Å². The molecule has 0 saturated carbocycles. The van der Waals surface area contributed by atoms with E-state index in [9.17, 15) is 4.79 Å². The molecule has 0 aliphatic carbocycles. The predicted molar refractivity (Wildman–Crippen MR) is 54.6 cm³/mol. The van der Waals surface area contributed by atoms with Gasteiger partial charge in [0, 0.05) is 6.54 Å². The molecule has 1 aliphatic heterocycles. The number of likely N-dealkylation sites (tertiary alicyclic amines) is 1. The van der Waals surface area contributed by atoms with Crippen molar-refractivity contribution in [1.82, 2.24) is 4.90 Å². The third kappa shape index (κ3) is 1.51. The first-order valence-corrected chi connectivity index (χ1v) is 4.87. The van der Waals surface area contributed by atoms with Gasteiger partial charge >= 0.3 is 0 Å². The maximum Gasteiger partial charge on any atom is 0.236 e. The molecule has 1 saturated heterocycles. The van der Waals surface area contributed by atoms with Gasteiger partial charge in [0.15, 0.2) is 0 Å². The molecule has 1 aromatic carbocycles. The molecule has 0 aromatic heterocycles. The van der Waals surface area contributed by atoms with Crippen molar-refractivity contribution in [3.05, 3.63) is 35.9 Å². The fourth-order valence-corrected chi connectivity index (χ4v) is 1.82. The monoisotopic (exact) mass is 190 g/mol. The molecule has 1 unspecified atom stereocenters. The van der Waals surface area contributed by atoms with E-state index in [2.05, 4.69) is 12.1 Å². The number of nitrogens with zero attached hydrogens (tertiary/aromatic N) is 1. The first-order chi connectivity index (χ1) is 6.83. The van der Waals surface area contributed by atoms with Crippen LogP contribution in [0.5, 0.6) is 0 Å². The Morgan fingerprint density at radius 3 is 2.64 bits per heavy atom. The molecule has 2 rings (SSSR count). The fraction of sp³-hybridized carbons (Fsp3) is 0.364. The first kappa shape index (κ1) is 9.21. The molecule has 1 aromatic rings. The fourth-order valence-electron chi connectivity index (χ4n) is 1.82. The minimum absolute atomic E-state index is 0.0464. The Balaban J connectivity index is 2.10. The van der Waals surface area contributed by atoms with Crippen molar-refractivity contribution >= 4 is 5.91 Å². The quantitative estimate of drug-likeness (QED) is 0.753. The van der Waals surface area contributed by atoms with Gasteiger partial charge in [0.25, 0.3) is 0 Å². The lowest BCUT2D eigenvalue weighted by molar-refractivity contribution is -0.137. The van der Waals surface area contributed by atoms with E-state index in [4.69, 9.17) is 5.73 Å². The van der Waals surface area contributed by atoms with Crippen LogP contribution in [0.25, 0.3) is 0 Å². The minimum Gasteiger partial charge on any atom is -0.334 e. The molecule has 0 bridgehead atoms. The number of carbonyl (C=O) groups is 1. The van der Waals surface area contributed by atoms with E-state index in [0.29, 0.717) is 0 Å². The van der Waals surface area contributed by atoms with Crippen LogP contribution in [0.1, 0.15) is 18.0 Å². The van der Waals surface area contributed by atoms with Gasteiger partial charge in [-0.15, -0.1) is 0 Å². The lowest BCUT2D eigenvalue weighted by atomic mass is 9.95. The predicted octanol–water partition coefficient (Wildman–Crippen LogP) is 0.919. The second kappa shape index (κ2) is 3.80. The van der Waals surface area contributed by atoms with Gasteiger partial charge in [-0.05, 0) is 12.0 Å². The van der Waals surface area contributed by atoms with Gasteiger partial charge in [-0.25, -0.2) is 0 Å². The van der Waals surface area contributed by atoms with Crippen molar-refractivity contribution in [2.45, 2.75) is 12.5 Å². The molecule has 1 atom stereocenters. The van der Waals surface area contributed by atoms with Crippen molar-refractivity contribution < 1.29 is 4.79 Å². The van der Waals surface area contributed by atoms with E-state index in [1.54, 1.807) is 0 Å². The Bertz CT molecular complexity index is 323.